The van der Waals surface area contributed by atoms with Crippen molar-refractivity contribution in [1.82, 2.24) is 9.97 Å². The first-order chi connectivity index (χ1) is 8.42. The van der Waals surface area contributed by atoms with E-state index in [9.17, 15) is 9.90 Å². The van der Waals surface area contributed by atoms with Crippen molar-refractivity contribution in [3.8, 4) is 5.75 Å². The Labute approximate surface area is 111 Å². The Morgan fingerprint density at radius 2 is 2.22 bits per heavy atom. The zero-order valence-corrected chi connectivity index (χ0v) is 11.4. The van der Waals surface area contributed by atoms with Crippen molar-refractivity contribution in [2.24, 2.45) is 0 Å². The van der Waals surface area contributed by atoms with Gasteiger partial charge in [0.15, 0.2) is 0 Å². The van der Waals surface area contributed by atoms with Crippen molar-refractivity contribution in [1.29, 1.82) is 0 Å². The highest BCUT2D eigenvalue weighted by Crippen LogP contribution is 2.21. The molecular weight excluding hydrogens is 256 g/mol. The van der Waals surface area contributed by atoms with Crippen LogP contribution in [0.1, 0.15) is 25.4 Å². The lowest BCUT2D eigenvalue weighted by atomic mass is 9.93. The highest BCUT2D eigenvalue weighted by atomic mass is 35.5. The highest BCUT2D eigenvalue weighted by Gasteiger charge is 2.25. The van der Waals surface area contributed by atoms with Gasteiger partial charge in [-0.2, -0.15) is 0 Å². The number of halogens is 1. The number of aromatic amines is 1. The zero-order chi connectivity index (χ0) is 13.8. The molecule has 5 nitrogen and oxygen atoms in total. The minimum atomic E-state index is -0.552. The summed E-state index contributed by atoms with van der Waals surface area (Å²) in [6.07, 6.45) is 0.251. The van der Waals surface area contributed by atoms with E-state index in [1.807, 2.05) is 13.8 Å². The molecule has 0 fully saturated rings. The number of rotatable bonds is 6. The standard InChI is InChI=1S/C12H18ClN2O3/c1-4-8-9(16)10(17)15-11(14-8)12(2,3)7-18-6-5-13/h16H,1,4-7H2,2-3H3,(H,14,15,17). The topological polar surface area (TPSA) is 75.2 Å². The molecule has 1 aromatic rings. The Morgan fingerprint density at radius 1 is 1.56 bits per heavy atom. The van der Waals surface area contributed by atoms with Gasteiger partial charge in [-0.3, -0.25) is 4.79 Å². The molecule has 0 saturated carbocycles. The summed E-state index contributed by atoms with van der Waals surface area (Å²) in [6.45, 7) is 8.24. The van der Waals surface area contributed by atoms with Crippen molar-refractivity contribution in [2.45, 2.75) is 25.7 Å². The van der Waals surface area contributed by atoms with Crippen LogP contribution in [0.25, 0.3) is 0 Å². The third-order valence-electron chi connectivity index (χ3n) is 2.53. The number of hydrogen-bond acceptors (Lipinski definition) is 4. The molecule has 1 radical (unpaired) electrons. The van der Waals surface area contributed by atoms with Crippen LogP contribution in [0.3, 0.4) is 0 Å². The van der Waals surface area contributed by atoms with E-state index in [1.165, 1.54) is 0 Å². The van der Waals surface area contributed by atoms with Crippen molar-refractivity contribution in [2.75, 3.05) is 19.1 Å². The van der Waals surface area contributed by atoms with Gasteiger partial charge in [-0.05, 0) is 13.3 Å². The summed E-state index contributed by atoms with van der Waals surface area (Å²) in [4.78, 5) is 18.3. The maximum absolute atomic E-state index is 11.6. The first-order valence-electron chi connectivity index (χ1n) is 5.68. The van der Waals surface area contributed by atoms with Gasteiger partial charge < -0.3 is 14.8 Å². The normalized spacial score (nSPS) is 11.8. The molecule has 0 aromatic carbocycles. The molecule has 6 heteroatoms. The van der Waals surface area contributed by atoms with Gasteiger partial charge in [0.05, 0.1) is 18.9 Å². The van der Waals surface area contributed by atoms with E-state index in [1.54, 1.807) is 0 Å². The van der Waals surface area contributed by atoms with E-state index >= 15 is 0 Å². The Bertz CT molecular complexity index is 457. The lowest BCUT2D eigenvalue weighted by Crippen LogP contribution is -2.30. The number of aromatic nitrogens is 2. The fourth-order valence-corrected chi connectivity index (χ4v) is 1.57. The number of nitrogens with one attached hydrogen (secondary N) is 1. The lowest BCUT2D eigenvalue weighted by molar-refractivity contribution is 0.103. The Balaban J connectivity index is 3.01. The number of ether oxygens (including phenoxy) is 1. The van der Waals surface area contributed by atoms with Gasteiger partial charge in [-0.25, -0.2) is 4.98 Å². The predicted molar refractivity (Wildman–Crippen MR) is 70.1 cm³/mol. The second-order valence-corrected chi connectivity index (χ2v) is 4.96. The number of hydrogen-bond donors (Lipinski definition) is 2. The van der Waals surface area contributed by atoms with Gasteiger partial charge in [0.1, 0.15) is 5.82 Å². The molecule has 1 heterocycles. The lowest BCUT2D eigenvalue weighted by Gasteiger charge is -2.23. The van der Waals surface area contributed by atoms with Crippen molar-refractivity contribution < 1.29 is 9.84 Å². The summed E-state index contributed by atoms with van der Waals surface area (Å²) >= 11 is 5.53. The molecule has 0 aliphatic rings. The summed E-state index contributed by atoms with van der Waals surface area (Å²) in [7, 11) is 0. The molecule has 1 aromatic heterocycles. The highest BCUT2D eigenvalue weighted by molar-refractivity contribution is 6.17. The number of alkyl halides is 1. The molecule has 101 valence electrons. The molecule has 0 spiro atoms. The number of aromatic hydroxyl groups is 1. The Kier molecular flexibility index (Phi) is 5.16. The summed E-state index contributed by atoms with van der Waals surface area (Å²) in [5, 5.41) is 9.51. The average molecular weight is 274 g/mol. The Morgan fingerprint density at radius 3 is 2.78 bits per heavy atom. The van der Waals surface area contributed by atoms with Gasteiger partial charge in [-0.15, -0.1) is 11.6 Å². The van der Waals surface area contributed by atoms with Crippen LogP contribution in [0, 0.1) is 6.92 Å². The van der Waals surface area contributed by atoms with Crippen LogP contribution < -0.4 is 5.56 Å². The zero-order valence-electron chi connectivity index (χ0n) is 10.6. The maximum Gasteiger partial charge on any atom is 0.293 e. The second-order valence-electron chi connectivity index (χ2n) is 4.59. The molecular formula is C12H18ClN2O3. The summed E-state index contributed by atoms with van der Waals surface area (Å²) in [5.74, 6) is 0.518. The average Bonchev–Trinajstić information content (AvgIpc) is 2.32. The number of H-pyrrole nitrogens is 1. The summed E-state index contributed by atoms with van der Waals surface area (Å²) in [6, 6.07) is 0. The van der Waals surface area contributed by atoms with E-state index < -0.39 is 11.0 Å². The fraction of sp³-hybridized carbons (Fsp3) is 0.583. The SMILES string of the molecule is [CH2]Cc1nc(C(C)(C)COCCCl)[nH]c(=O)c1O. The molecule has 1 rings (SSSR count). The van der Waals surface area contributed by atoms with Crippen molar-refractivity contribution in [3.63, 3.8) is 0 Å². The predicted octanol–water partition coefficient (Wildman–Crippen LogP) is 1.39. The molecule has 0 unspecified atom stereocenters. The molecule has 0 aliphatic heterocycles. The quantitative estimate of drug-likeness (QED) is 0.607. The van der Waals surface area contributed by atoms with Crippen LogP contribution in [0.4, 0.5) is 0 Å². The first-order valence-corrected chi connectivity index (χ1v) is 6.21. The van der Waals surface area contributed by atoms with Gasteiger partial charge >= 0.3 is 0 Å². The van der Waals surface area contributed by atoms with Crippen LogP contribution in [-0.4, -0.2) is 34.2 Å². The van der Waals surface area contributed by atoms with Crippen LogP contribution >= 0.6 is 11.6 Å². The summed E-state index contributed by atoms with van der Waals surface area (Å²) in [5.41, 5.74) is -0.730. The monoisotopic (exact) mass is 273 g/mol. The first kappa shape index (κ1) is 15.0. The van der Waals surface area contributed by atoms with Crippen LogP contribution in [0.15, 0.2) is 4.79 Å². The molecule has 0 atom stereocenters. The molecule has 0 amide bonds. The third-order valence-corrected chi connectivity index (χ3v) is 2.68. The van der Waals surface area contributed by atoms with E-state index in [0.29, 0.717) is 30.6 Å². The van der Waals surface area contributed by atoms with Crippen LogP contribution in [0.2, 0.25) is 0 Å². The van der Waals surface area contributed by atoms with Crippen molar-refractivity contribution >= 4 is 11.6 Å². The molecule has 0 bridgehead atoms. The largest absolute Gasteiger partial charge is 0.502 e. The fourth-order valence-electron chi connectivity index (χ4n) is 1.46. The Hall–Kier alpha value is -1.07. The van der Waals surface area contributed by atoms with Crippen LogP contribution in [0.5, 0.6) is 5.75 Å². The van der Waals surface area contributed by atoms with Crippen LogP contribution in [-0.2, 0) is 16.6 Å². The minimum Gasteiger partial charge on any atom is -0.502 e. The van der Waals surface area contributed by atoms with Crippen molar-refractivity contribution in [3.05, 3.63) is 28.8 Å². The third kappa shape index (κ3) is 3.46. The van der Waals surface area contributed by atoms with Gasteiger partial charge in [0, 0.05) is 11.3 Å². The molecule has 18 heavy (non-hydrogen) atoms. The summed E-state index contributed by atoms with van der Waals surface area (Å²) < 4.78 is 5.37. The van der Waals surface area contributed by atoms with E-state index in [0.717, 1.165) is 0 Å². The number of nitrogens with zero attached hydrogens (tertiary/aromatic N) is 1. The minimum absolute atomic E-state index is 0.251. The second kappa shape index (κ2) is 6.20. The van der Waals surface area contributed by atoms with Gasteiger partial charge in [0.2, 0.25) is 5.75 Å². The molecule has 0 saturated heterocycles. The van der Waals surface area contributed by atoms with E-state index in [4.69, 9.17) is 16.3 Å². The van der Waals surface area contributed by atoms with Gasteiger partial charge in [-0.1, -0.05) is 13.8 Å². The van der Waals surface area contributed by atoms with Gasteiger partial charge in [0.25, 0.3) is 5.56 Å². The maximum atomic E-state index is 11.6. The van der Waals surface area contributed by atoms with E-state index in [2.05, 4.69) is 16.9 Å². The van der Waals surface area contributed by atoms with E-state index in [-0.39, 0.29) is 12.2 Å². The smallest absolute Gasteiger partial charge is 0.293 e. The molecule has 0 aliphatic carbocycles. The molecule has 2 N–H and O–H groups in total.